The molecule has 1 aliphatic heterocycles. The minimum atomic E-state index is -0.712. The maximum atomic E-state index is 12.7. The molecule has 0 spiro atoms. The lowest BCUT2D eigenvalue weighted by Crippen LogP contribution is -2.33. The number of benzene rings is 2. The number of hydrogen-bond donors (Lipinski definition) is 3. The number of nitrogens with one attached hydrogen (secondary N) is 3. The molecule has 32 heavy (non-hydrogen) atoms. The van der Waals surface area contributed by atoms with Gasteiger partial charge >= 0.3 is 6.03 Å². The summed E-state index contributed by atoms with van der Waals surface area (Å²) in [5.74, 6) is 0.0747. The molecule has 2 aromatic carbocycles. The van der Waals surface area contributed by atoms with Gasteiger partial charge in [-0.2, -0.15) is 0 Å². The summed E-state index contributed by atoms with van der Waals surface area (Å²) in [6.07, 6.45) is 2.69. The van der Waals surface area contributed by atoms with Crippen LogP contribution in [0.4, 0.5) is 10.5 Å². The molecule has 1 saturated heterocycles. The summed E-state index contributed by atoms with van der Waals surface area (Å²) in [4.78, 5) is 41.7. The topological polar surface area (TPSA) is 104 Å². The molecule has 0 radical (unpaired) electrons. The Morgan fingerprint density at radius 3 is 2.88 bits per heavy atom. The number of hydrogen-bond acceptors (Lipinski definition) is 4. The molecule has 0 bridgehead atoms. The molecule has 1 unspecified atom stereocenters. The van der Waals surface area contributed by atoms with E-state index in [4.69, 9.17) is 16.3 Å². The molecule has 9 heteroatoms. The van der Waals surface area contributed by atoms with Crippen molar-refractivity contribution in [2.24, 2.45) is 0 Å². The van der Waals surface area contributed by atoms with Gasteiger partial charge in [-0.05, 0) is 48.7 Å². The number of rotatable bonds is 8. The van der Waals surface area contributed by atoms with Crippen LogP contribution in [0.25, 0.3) is 10.9 Å². The van der Waals surface area contributed by atoms with Crippen molar-refractivity contribution in [1.82, 2.24) is 15.2 Å². The molecule has 2 heterocycles. The first-order valence-corrected chi connectivity index (χ1v) is 10.6. The van der Waals surface area contributed by atoms with Crippen molar-refractivity contribution in [3.63, 3.8) is 0 Å². The zero-order valence-electron chi connectivity index (χ0n) is 17.5. The number of urea groups is 1. The highest BCUT2D eigenvalue weighted by atomic mass is 35.5. The summed E-state index contributed by atoms with van der Waals surface area (Å²) < 4.78 is 5.14. The lowest BCUT2D eigenvalue weighted by atomic mass is 10.1. The SMILES string of the molecule is COc1cccc(NC(=O)CCC2NC(=O)N(CCc3c[nH]c4ccc(Cl)cc34)C2=O)c1. The van der Waals surface area contributed by atoms with Gasteiger partial charge < -0.3 is 20.4 Å². The van der Waals surface area contributed by atoms with Crippen molar-refractivity contribution in [3.8, 4) is 5.75 Å². The number of halogens is 1. The quantitative estimate of drug-likeness (QED) is 0.451. The van der Waals surface area contributed by atoms with E-state index in [0.717, 1.165) is 16.5 Å². The van der Waals surface area contributed by atoms with Crippen molar-refractivity contribution >= 4 is 46.0 Å². The lowest BCUT2D eigenvalue weighted by molar-refractivity contribution is -0.127. The van der Waals surface area contributed by atoms with Gasteiger partial charge in [0, 0.05) is 46.8 Å². The Morgan fingerprint density at radius 2 is 2.06 bits per heavy atom. The number of amides is 4. The summed E-state index contributed by atoms with van der Waals surface area (Å²) in [5, 5.41) is 7.04. The average Bonchev–Trinajstić information content (AvgIpc) is 3.30. The molecule has 1 aliphatic rings. The van der Waals surface area contributed by atoms with Gasteiger partial charge in [-0.25, -0.2) is 4.79 Å². The van der Waals surface area contributed by atoms with Crippen LogP contribution in [0, 0.1) is 0 Å². The number of fused-ring (bicyclic) bond motifs is 1. The minimum absolute atomic E-state index is 0.0999. The van der Waals surface area contributed by atoms with Gasteiger partial charge in [0.15, 0.2) is 0 Å². The molecular weight excluding hydrogens is 432 g/mol. The molecule has 8 nitrogen and oxygen atoms in total. The Hall–Kier alpha value is -3.52. The first kappa shape index (κ1) is 21.7. The molecule has 0 aliphatic carbocycles. The smallest absolute Gasteiger partial charge is 0.324 e. The number of carbonyl (C=O) groups is 3. The van der Waals surface area contributed by atoms with E-state index in [1.807, 2.05) is 18.3 Å². The largest absolute Gasteiger partial charge is 0.497 e. The van der Waals surface area contributed by atoms with Crippen molar-refractivity contribution in [3.05, 3.63) is 59.2 Å². The van der Waals surface area contributed by atoms with Gasteiger partial charge in [-0.1, -0.05) is 17.7 Å². The van der Waals surface area contributed by atoms with Crippen LogP contribution in [-0.2, 0) is 16.0 Å². The van der Waals surface area contributed by atoms with E-state index in [1.165, 1.54) is 4.90 Å². The van der Waals surface area contributed by atoms with Gasteiger partial charge in [0.2, 0.25) is 5.91 Å². The van der Waals surface area contributed by atoms with Crippen molar-refractivity contribution in [2.45, 2.75) is 25.3 Å². The Labute approximate surface area is 189 Å². The van der Waals surface area contributed by atoms with Crippen molar-refractivity contribution in [1.29, 1.82) is 0 Å². The molecule has 0 saturated carbocycles. The highest BCUT2D eigenvalue weighted by Crippen LogP contribution is 2.23. The first-order valence-electron chi connectivity index (χ1n) is 10.3. The number of aromatic nitrogens is 1. The summed E-state index contributed by atoms with van der Waals surface area (Å²) >= 11 is 6.09. The lowest BCUT2D eigenvalue weighted by Gasteiger charge is -2.13. The predicted octanol–water partition coefficient (Wildman–Crippen LogP) is 3.71. The van der Waals surface area contributed by atoms with Gasteiger partial charge in [-0.3, -0.25) is 14.5 Å². The van der Waals surface area contributed by atoms with Gasteiger partial charge in [0.1, 0.15) is 11.8 Å². The number of aromatic amines is 1. The molecule has 3 aromatic rings. The third-order valence-corrected chi connectivity index (χ3v) is 5.69. The zero-order chi connectivity index (χ0) is 22.7. The number of ether oxygens (including phenoxy) is 1. The second-order valence-corrected chi connectivity index (χ2v) is 8.00. The van der Waals surface area contributed by atoms with Crippen LogP contribution < -0.4 is 15.4 Å². The van der Waals surface area contributed by atoms with Crippen LogP contribution in [-0.4, -0.2) is 47.4 Å². The van der Waals surface area contributed by atoms with Crippen molar-refractivity contribution in [2.75, 3.05) is 19.0 Å². The standard InChI is InChI=1S/C23H23ClN4O4/c1-32-17-4-2-3-16(12-17)26-21(29)8-7-20-22(30)28(23(31)27-20)10-9-14-13-25-19-6-5-15(24)11-18(14)19/h2-6,11-13,20,25H,7-10H2,1H3,(H,26,29)(H,27,31). The van der Waals surface area contributed by atoms with E-state index in [-0.39, 0.29) is 31.2 Å². The molecule has 1 atom stereocenters. The Morgan fingerprint density at radius 1 is 1.22 bits per heavy atom. The third kappa shape index (κ3) is 4.70. The van der Waals surface area contributed by atoms with E-state index in [0.29, 0.717) is 22.9 Å². The average molecular weight is 455 g/mol. The fourth-order valence-corrected chi connectivity index (χ4v) is 3.95. The van der Waals surface area contributed by atoms with Crippen LogP contribution >= 0.6 is 11.6 Å². The molecule has 1 fully saturated rings. The number of carbonyl (C=O) groups excluding carboxylic acids is 3. The fourth-order valence-electron chi connectivity index (χ4n) is 3.77. The minimum Gasteiger partial charge on any atom is -0.497 e. The fraction of sp³-hybridized carbons (Fsp3) is 0.261. The second kappa shape index (κ2) is 9.32. The highest BCUT2D eigenvalue weighted by molar-refractivity contribution is 6.31. The molecule has 166 valence electrons. The van der Waals surface area contributed by atoms with Gasteiger partial charge in [0.05, 0.1) is 7.11 Å². The monoisotopic (exact) mass is 454 g/mol. The molecule has 1 aromatic heterocycles. The number of imide groups is 1. The number of methoxy groups -OCH3 is 1. The molecule has 4 rings (SSSR count). The second-order valence-electron chi connectivity index (χ2n) is 7.56. The summed E-state index contributed by atoms with van der Waals surface area (Å²) in [5.41, 5.74) is 2.53. The Balaban J connectivity index is 1.31. The summed E-state index contributed by atoms with van der Waals surface area (Å²) in [6, 6.07) is 11.4. The van der Waals surface area contributed by atoms with E-state index in [2.05, 4.69) is 15.6 Å². The molecule has 4 amide bonds. The van der Waals surface area contributed by atoms with Crippen LogP contribution in [0.2, 0.25) is 5.02 Å². The maximum Gasteiger partial charge on any atom is 0.324 e. The summed E-state index contributed by atoms with van der Waals surface area (Å²) in [6.45, 7) is 0.247. The van der Waals surface area contributed by atoms with E-state index in [1.54, 1.807) is 37.4 Å². The number of H-pyrrole nitrogens is 1. The first-order chi connectivity index (χ1) is 15.4. The third-order valence-electron chi connectivity index (χ3n) is 5.45. The van der Waals surface area contributed by atoms with Crippen LogP contribution in [0.5, 0.6) is 5.75 Å². The maximum absolute atomic E-state index is 12.7. The Kier molecular flexibility index (Phi) is 6.32. The van der Waals surface area contributed by atoms with E-state index < -0.39 is 12.1 Å². The Bertz CT molecular complexity index is 1180. The van der Waals surface area contributed by atoms with Gasteiger partial charge in [-0.15, -0.1) is 0 Å². The zero-order valence-corrected chi connectivity index (χ0v) is 18.2. The molecule has 3 N–H and O–H groups in total. The van der Waals surface area contributed by atoms with Crippen LogP contribution in [0.1, 0.15) is 18.4 Å². The number of anilines is 1. The van der Waals surface area contributed by atoms with Crippen LogP contribution in [0.3, 0.4) is 0 Å². The van der Waals surface area contributed by atoms with E-state index >= 15 is 0 Å². The normalized spacial score (nSPS) is 15.8. The summed E-state index contributed by atoms with van der Waals surface area (Å²) in [7, 11) is 1.55. The van der Waals surface area contributed by atoms with Gasteiger partial charge in [0.25, 0.3) is 5.91 Å². The highest BCUT2D eigenvalue weighted by Gasteiger charge is 2.37. The molecular formula is C23H23ClN4O4. The van der Waals surface area contributed by atoms with Crippen LogP contribution in [0.15, 0.2) is 48.7 Å². The number of nitrogens with zero attached hydrogens (tertiary/aromatic N) is 1. The predicted molar refractivity (Wildman–Crippen MR) is 122 cm³/mol. The van der Waals surface area contributed by atoms with E-state index in [9.17, 15) is 14.4 Å². The van der Waals surface area contributed by atoms with Crippen molar-refractivity contribution < 1.29 is 19.1 Å².